The molecule has 9 nitrogen and oxygen atoms in total. The van der Waals surface area contributed by atoms with Gasteiger partial charge in [-0.25, -0.2) is 4.98 Å². The van der Waals surface area contributed by atoms with Gasteiger partial charge < -0.3 is 34.6 Å². The third-order valence-electron chi connectivity index (χ3n) is 5.05. The first-order chi connectivity index (χ1) is 15.3. The maximum atomic E-state index is 13.1. The van der Waals surface area contributed by atoms with Gasteiger partial charge in [0, 0.05) is 55.3 Å². The van der Waals surface area contributed by atoms with Crippen LogP contribution in [0.5, 0.6) is 11.5 Å². The van der Waals surface area contributed by atoms with Gasteiger partial charge in [0.05, 0.1) is 30.2 Å². The van der Waals surface area contributed by atoms with E-state index in [0.717, 1.165) is 48.4 Å². The number of carbonyl (C=O) groups excluding carboxylic acids is 1. The number of fused-ring (bicyclic) bond motifs is 2. The number of phenols is 1. The molecule has 0 aliphatic heterocycles. The summed E-state index contributed by atoms with van der Waals surface area (Å²) in [6.45, 7) is 2.54. The second-order valence-corrected chi connectivity index (χ2v) is 7.32. The second-order valence-electron chi connectivity index (χ2n) is 7.32. The Morgan fingerprint density at radius 2 is 1.94 bits per heavy atom. The number of aryl methyl sites for hydroxylation is 2. The maximum Gasteiger partial charge on any atom is 0.277 e. The standard InChI is InChI=1S/C21H22N4O3.C2H4O2/c1-24-18-7-5-14(28-2)11-17(18)23-20(21(24)27)16-12-25(9-3-8-22)19-10-13(26)4-6-15(16)19;1-2(3)4/h4-7,10-12,26H,3,8-9,22H2,1-2H3;1H3,(H,3,4). The number of aromatic nitrogens is 3. The molecule has 4 aromatic rings. The molecule has 4 N–H and O–H groups in total. The van der Waals surface area contributed by atoms with Gasteiger partial charge in [-0.15, -0.1) is 0 Å². The molecule has 0 radical (unpaired) electrons. The molecule has 0 saturated heterocycles. The van der Waals surface area contributed by atoms with Crippen LogP contribution in [0.3, 0.4) is 0 Å². The van der Waals surface area contributed by atoms with E-state index in [9.17, 15) is 9.90 Å². The first kappa shape index (κ1) is 22.8. The number of quaternary nitrogens is 1. The van der Waals surface area contributed by atoms with Crippen molar-refractivity contribution in [1.82, 2.24) is 14.1 Å². The molecule has 0 unspecified atom stereocenters. The van der Waals surface area contributed by atoms with Crippen molar-refractivity contribution in [2.75, 3.05) is 13.7 Å². The van der Waals surface area contributed by atoms with Crippen molar-refractivity contribution < 1.29 is 25.5 Å². The summed E-state index contributed by atoms with van der Waals surface area (Å²) in [7, 11) is 3.35. The van der Waals surface area contributed by atoms with Crippen LogP contribution in [0.15, 0.2) is 47.4 Å². The van der Waals surface area contributed by atoms with E-state index in [1.165, 1.54) is 0 Å². The van der Waals surface area contributed by atoms with Gasteiger partial charge >= 0.3 is 0 Å². The lowest BCUT2D eigenvalue weighted by molar-refractivity contribution is -0.368. The Bertz CT molecular complexity index is 1340. The van der Waals surface area contributed by atoms with Gasteiger partial charge in [0.25, 0.3) is 5.56 Å². The van der Waals surface area contributed by atoms with Gasteiger partial charge in [-0.3, -0.25) is 4.79 Å². The summed E-state index contributed by atoms with van der Waals surface area (Å²) in [6, 6.07) is 10.7. The molecule has 0 bridgehead atoms. The molecule has 0 amide bonds. The summed E-state index contributed by atoms with van der Waals surface area (Å²) in [5.74, 6) is -0.204. The third kappa shape index (κ3) is 4.57. The molecule has 2 aromatic carbocycles. The van der Waals surface area contributed by atoms with E-state index in [2.05, 4.69) is 10.7 Å². The highest BCUT2D eigenvalue weighted by atomic mass is 16.5. The number of carboxylic acids is 1. The normalized spacial score (nSPS) is 10.8. The van der Waals surface area contributed by atoms with Crippen LogP contribution in [-0.2, 0) is 18.4 Å². The Labute approximate surface area is 184 Å². The Hall–Kier alpha value is -3.85. The molecule has 0 atom stereocenters. The summed E-state index contributed by atoms with van der Waals surface area (Å²) < 4.78 is 8.96. The van der Waals surface area contributed by atoms with Crippen molar-refractivity contribution in [3.8, 4) is 22.8 Å². The highest BCUT2D eigenvalue weighted by Gasteiger charge is 2.17. The molecule has 4 rings (SSSR count). The minimum absolute atomic E-state index is 0.165. The average Bonchev–Trinajstić information content (AvgIpc) is 3.11. The predicted octanol–water partition coefficient (Wildman–Crippen LogP) is 0.658. The quantitative estimate of drug-likeness (QED) is 0.470. The van der Waals surface area contributed by atoms with Crippen molar-refractivity contribution in [3.63, 3.8) is 0 Å². The van der Waals surface area contributed by atoms with Crippen LogP contribution < -0.4 is 21.1 Å². The van der Waals surface area contributed by atoms with Crippen LogP contribution in [0.2, 0.25) is 0 Å². The molecule has 0 aliphatic carbocycles. The largest absolute Gasteiger partial charge is 0.550 e. The molecule has 0 fully saturated rings. The molecule has 168 valence electrons. The van der Waals surface area contributed by atoms with Gasteiger partial charge in [-0.2, -0.15) is 0 Å². The molecule has 32 heavy (non-hydrogen) atoms. The first-order valence-electron chi connectivity index (χ1n) is 10.1. The Balaban J connectivity index is 0.000000668. The monoisotopic (exact) mass is 438 g/mol. The number of hydrogen-bond acceptors (Lipinski definition) is 6. The molecular formula is C23H26N4O5. The lowest BCUT2D eigenvalue weighted by atomic mass is 10.1. The first-order valence-corrected chi connectivity index (χ1v) is 10.1. The molecule has 2 aromatic heterocycles. The average molecular weight is 438 g/mol. The number of hydrogen-bond donors (Lipinski definition) is 2. The van der Waals surface area contributed by atoms with Crippen molar-refractivity contribution in [2.24, 2.45) is 7.05 Å². The molecular weight excluding hydrogens is 412 g/mol. The minimum atomic E-state index is -1.08. The minimum Gasteiger partial charge on any atom is -0.550 e. The van der Waals surface area contributed by atoms with Gasteiger partial charge in [0.2, 0.25) is 0 Å². The van der Waals surface area contributed by atoms with Crippen LogP contribution in [0.1, 0.15) is 13.3 Å². The fourth-order valence-corrected chi connectivity index (χ4v) is 3.55. The number of aliphatic carboxylic acids is 1. The number of carboxylic acid groups (broad SMARTS) is 1. The number of methoxy groups -OCH3 is 1. The number of nitrogens with zero attached hydrogens (tertiary/aromatic N) is 3. The topological polar surface area (TPSA) is 137 Å². The van der Waals surface area contributed by atoms with Crippen LogP contribution in [0, 0.1) is 0 Å². The number of phenolic OH excluding ortho intramolecular Hbond substituents is 1. The number of benzene rings is 2. The SMILES string of the molecule is CC(=O)[O-].COc1ccc2c(c1)nc(-c1cn(CCC[NH3+])c3cc(O)ccc13)c(=O)n2C. The molecule has 0 aliphatic rings. The van der Waals surface area contributed by atoms with E-state index in [1.54, 1.807) is 30.9 Å². The fraction of sp³-hybridized carbons (Fsp3) is 0.261. The van der Waals surface area contributed by atoms with E-state index >= 15 is 0 Å². The van der Waals surface area contributed by atoms with E-state index < -0.39 is 5.97 Å². The highest BCUT2D eigenvalue weighted by molar-refractivity contribution is 5.96. The fourth-order valence-electron chi connectivity index (χ4n) is 3.55. The van der Waals surface area contributed by atoms with E-state index in [-0.39, 0.29) is 11.3 Å². The van der Waals surface area contributed by atoms with Crippen molar-refractivity contribution >= 4 is 27.9 Å². The highest BCUT2D eigenvalue weighted by Crippen LogP contribution is 2.31. The summed E-state index contributed by atoms with van der Waals surface area (Å²) in [5.41, 5.74) is 7.18. The van der Waals surface area contributed by atoms with E-state index in [1.807, 2.05) is 35.0 Å². The molecule has 9 heteroatoms. The zero-order valence-electron chi connectivity index (χ0n) is 18.3. The van der Waals surface area contributed by atoms with Crippen LogP contribution in [0.4, 0.5) is 0 Å². The van der Waals surface area contributed by atoms with Crippen LogP contribution >= 0.6 is 0 Å². The van der Waals surface area contributed by atoms with Crippen LogP contribution in [0.25, 0.3) is 33.2 Å². The molecule has 0 saturated carbocycles. The van der Waals surface area contributed by atoms with Gasteiger partial charge in [0.15, 0.2) is 0 Å². The summed E-state index contributed by atoms with van der Waals surface area (Å²) in [5, 5.41) is 19.7. The van der Waals surface area contributed by atoms with Gasteiger partial charge in [-0.05, 0) is 31.2 Å². The second kappa shape index (κ2) is 9.52. The molecule has 0 spiro atoms. The third-order valence-corrected chi connectivity index (χ3v) is 5.05. The zero-order chi connectivity index (χ0) is 23.4. The number of rotatable bonds is 5. The Kier molecular flexibility index (Phi) is 6.79. The van der Waals surface area contributed by atoms with Crippen molar-refractivity contribution in [2.45, 2.75) is 19.9 Å². The zero-order valence-corrected chi connectivity index (χ0v) is 18.3. The Morgan fingerprint density at radius 3 is 2.59 bits per heavy atom. The smallest absolute Gasteiger partial charge is 0.277 e. The number of carbonyl (C=O) groups is 1. The van der Waals surface area contributed by atoms with Crippen molar-refractivity contribution in [1.29, 1.82) is 0 Å². The maximum absolute atomic E-state index is 13.1. The number of ether oxygens (including phenoxy) is 1. The number of aromatic hydroxyl groups is 1. The lowest BCUT2D eigenvalue weighted by Gasteiger charge is -2.09. The van der Waals surface area contributed by atoms with Gasteiger partial charge in [0.1, 0.15) is 17.2 Å². The predicted molar refractivity (Wildman–Crippen MR) is 119 cm³/mol. The van der Waals surface area contributed by atoms with E-state index in [4.69, 9.17) is 14.6 Å². The van der Waals surface area contributed by atoms with Crippen molar-refractivity contribution in [3.05, 3.63) is 52.9 Å². The molecule has 2 heterocycles. The lowest BCUT2D eigenvalue weighted by Crippen LogP contribution is -2.50. The summed E-state index contributed by atoms with van der Waals surface area (Å²) >= 11 is 0. The van der Waals surface area contributed by atoms with Gasteiger partial charge in [-0.1, -0.05) is 0 Å². The summed E-state index contributed by atoms with van der Waals surface area (Å²) in [4.78, 5) is 26.6. The van der Waals surface area contributed by atoms with E-state index in [0.29, 0.717) is 17.0 Å². The summed E-state index contributed by atoms with van der Waals surface area (Å²) in [6.07, 6.45) is 2.84. The van der Waals surface area contributed by atoms with Crippen LogP contribution in [-0.4, -0.2) is 38.8 Å². The Morgan fingerprint density at radius 1 is 1.22 bits per heavy atom.